The van der Waals surface area contributed by atoms with Gasteiger partial charge in [-0.15, -0.1) is 0 Å². The zero-order chi connectivity index (χ0) is 16.0. The van der Waals surface area contributed by atoms with Gasteiger partial charge in [-0.3, -0.25) is 4.79 Å². The fourth-order valence-corrected chi connectivity index (χ4v) is 2.12. The fourth-order valence-electron chi connectivity index (χ4n) is 2.12. The molecule has 0 saturated carbocycles. The van der Waals surface area contributed by atoms with E-state index in [2.05, 4.69) is 38.2 Å². The molecule has 4 nitrogen and oxygen atoms in total. The largest absolute Gasteiger partial charge is 0.493 e. The highest BCUT2D eigenvalue weighted by Crippen LogP contribution is 2.27. The SMILES string of the molecule is CCNC(CCOc1ccc(C(C)(C)C)cc1C)C(=O)O. The van der Waals surface area contributed by atoms with E-state index in [0.29, 0.717) is 19.6 Å². The quantitative estimate of drug-likeness (QED) is 0.811. The van der Waals surface area contributed by atoms with E-state index < -0.39 is 12.0 Å². The number of aryl methyl sites for hydroxylation is 1. The molecule has 0 aliphatic rings. The first kappa shape index (κ1) is 17.5. The van der Waals surface area contributed by atoms with Crippen LogP contribution in [0.25, 0.3) is 0 Å². The van der Waals surface area contributed by atoms with Crippen LogP contribution >= 0.6 is 0 Å². The summed E-state index contributed by atoms with van der Waals surface area (Å²) in [6, 6.07) is 5.62. The van der Waals surface area contributed by atoms with Gasteiger partial charge in [0.05, 0.1) is 6.61 Å². The molecule has 4 heteroatoms. The minimum Gasteiger partial charge on any atom is -0.493 e. The maximum atomic E-state index is 11.0. The highest BCUT2D eigenvalue weighted by molar-refractivity contribution is 5.73. The van der Waals surface area contributed by atoms with E-state index in [1.807, 2.05) is 19.9 Å². The van der Waals surface area contributed by atoms with E-state index in [0.717, 1.165) is 11.3 Å². The van der Waals surface area contributed by atoms with Crippen molar-refractivity contribution in [3.05, 3.63) is 29.3 Å². The molecule has 0 saturated heterocycles. The molecular formula is C17H27NO3. The van der Waals surface area contributed by atoms with Gasteiger partial charge in [-0.25, -0.2) is 0 Å². The number of benzene rings is 1. The second kappa shape index (κ2) is 7.46. The number of likely N-dealkylation sites (N-methyl/N-ethyl adjacent to an activating group) is 1. The molecule has 1 aromatic carbocycles. The maximum absolute atomic E-state index is 11.0. The van der Waals surface area contributed by atoms with Gasteiger partial charge in [0.25, 0.3) is 0 Å². The van der Waals surface area contributed by atoms with Crippen LogP contribution in [0, 0.1) is 6.92 Å². The van der Waals surface area contributed by atoms with Crippen LogP contribution in [0.3, 0.4) is 0 Å². The van der Waals surface area contributed by atoms with Crippen LogP contribution in [0.2, 0.25) is 0 Å². The van der Waals surface area contributed by atoms with Crippen molar-refractivity contribution in [3.63, 3.8) is 0 Å². The Labute approximate surface area is 127 Å². The van der Waals surface area contributed by atoms with Crippen molar-refractivity contribution in [1.29, 1.82) is 0 Å². The van der Waals surface area contributed by atoms with Crippen LogP contribution in [-0.4, -0.2) is 30.3 Å². The average Bonchev–Trinajstić information content (AvgIpc) is 2.38. The summed E-state index contributed by atoms with van der Waals surface area (Å²) in [5, 5.41) is 12.0. The Morgan fingerprint density at radius 1 is 1.38 bits per heavy atom. The number of carboxylic acids is 1. The van der Waals surface area contributed by atoms with E-state index in [4.69, 9.17) is 9.84 Å². The fraction of sp³-hybridized carbons (Fsp3) is 0.588. The van der Waals surface area contributed by atoms with Crippen molar-refractivity contribution in [2.75, 3.05) is 13.2 Å². The van der Waals surface area contributed by atoms with Crippen molar-refractivity contribution < 1.29 is 14.6 Å². The van der Waals surface area contributed by atoms with E-state index in [9.17, 15) is 4.79 Å². The zero-order valence-corrected chi connectivity index (χ0v) is 13.7. The lowest BCUT2D eigenvalue weighted by molar-refractivity contribution is -0.139. The third-order valence-electron chi connectivity index (χ3n) is 3.45. The third kappa shape index (κ3) is 5.38. The molecule has 0 spiro atoms. The molecule has 1 aromatic rings. The van der Waals surface area contributed by atoms with Gasteiger partial charge in [0.2, 0.25) is 0 Å². The van der Waals surface area contributed by atoms with Crippen LogP contribution < -0.4 is 10.1 Å². The molecular weight excluding hydrogens is 266 g/mol. The molecule has 1 atom stereocenters. The van der Waals surface area contributed by atoms with E-state index in [1.54, 1.807) is 0 Å². The van der Waals surface area contributed by atoms with Crippen molar-refractivity contribution >= 4 is 5.97 Å². The number of rotatable bonds is 7. The topological polar surface area (TPSA) is 58.6 Å². The van der Waals surface area contributed by atoms with Gasteiger partial charge in [0.1, 0.15) is 11.8 Å². The van der Waals surface area contributed by atoms with Crippen LogP contribution in [0.5, 0.6) is 5.75 Å². The average molecular weight is 293 g/mol. The molecule has 0 aromatic heterocycles. The molecule has 1 unspecified atom stereocenters. The Morgan fingerprint density at radius 3 is 2.52 bits per heavy atom. The molecule has 2 N–H and O–H groups in total. The zero-order valence-electron chi connectivity index (χ0n) is 13.7. The standard InChI is InChI=1S/C17H27NO3/c1-6-18-14(16(19)20)9-10-21-15-8-7-13(11-12(15)2)17(3,4)5/h7-8,11,14,18H,6,9-10H2,1-5H3,(H,19,20). The normalized spacial score (nSPS) is 13.0. The summed E-state index contributed by atoms with van der Waals surface area (Å²) >= 11 is 0. The molecule has 1 rings (SSSR count). The van der Waals surface area contributed by atoms with Gasteiger partial charge < -0.3 is 15.2 Å². The van der Waals surface area contributed by atoms with Crippen molar-refractivity contribution in [1.82, 2.24) is 5.32 Å². The Bertz CT molecular complexity index is 477. The molecule has 0 fully saturated rings. The molecule has 0 heterocycles. The minimum atomic E-state index is -0.833. The van der Waals surface area contributed by atoms with Gasteiger partial charge >= 0.3 is 5.97 Å². The summed E-state index contributed by atoms with van der Waals surface area (Å²) in [7, 11) is 0. The Balaban J connectivity index is 2.62. The molecule has 0 aliphatic heterocycles. The van der Waals surface area contributed by atoms with Crippen LogP contribution in [-0.2, 0) is 10.2 Å². The number of carboxylic acid groups (broad SMARTS) is 1. The number of ether oxygens (including phenoxy) is 1. The molecule has 118 valence electrons. The second-order valence-electron chi connectivity index (χ2n) is 6.32. The number of carbonyl (C=O) groups is 1. The lowest BCUT2D eigenvalue weighted by Crippen LogP contribution is -2.37. The predicted octanol–water partition coefficient (Wildman–Crippen LogP) is 3.12. The summed E-state index contributed by atoms with van der Waals surface area (Å²) in [4.78, 5) is 11.0. The molecule has 0 aliphatic carbocycles. The van der Waals surface area contributed by atoms with Crippen LogP contribution in [0.15, 0.2) is 18.2 Å². The monoisotopic (exact) mass is 293 g/mol. The predicted molar refractivity (Wildman–Crippen MR) is 85.1 cm³/mol. The van der Waals surface area contributed by atoms with Gasteiger partial charge in [-0.1, -0.05) is 39.8 Å². The Kier molecular flexibility index (Phi) is 6.21. The van der Waals surface area contributed by atoms with Crippen molar-refractivity contribution in [3.8, 4) is 5.75 Å². The second-order valence-corrected chi connectivity index (χ2v) is 6.32. The van der Waals surface area contributed by atoms with Crippen LogP contribution in [0.1, 0.15) is 45.2 Å². The van der Waals surface area contributed by atoms with Gasteiger partial charge in [-0.05, 0) is 36.1 Å². The van der Waals surface area contributed by atoms with E-state index in [-0.39, 0.29) is 5.41 Å². The highest BCUT2D eigenvalue weighted by atomic mass is 16.5. The van der Waals surface area contributed by atoms with Gasteiger partial charge in [0.15, 0.2) is 0 Å². The summed E-state index contributed by atoms with van der Waals surface area (Å²) in [5.41, 5.74) is 2.46. The minimum absolute atomic E-state index is 0.114. The first-order valence-corrected chi connectivity index (χ1v) is 7.45. The van der Waals surface area contributed by atoms with Crippen LogP contribution in [0.4, 0.5) is 0 Å². The first-order chi connectivity index (χ1) is 9.75. The van der Waals surface area contributed by atoms with Gasteiger partial charge in [-0.2, -0.15) is 0 Å². The number of aliphatic carboxylic acids is 1. The molecule has 21 heavy (non-hydrogen) atoms. The lowest BCUT2D eigenvalue weighted by atomic mass is 9.86. The highest BCUT2D eigenvalue weighted by Gasteiger charge is 2.17. The molecule has 0 bridgehead atoms. The Morgan fingerprint density at radius 2 is 2.05 bits per heavy atom. The number of hydrogen-bond acceptors (Lipinski definition) is 3. The molecule has 0 radical (unpaired) electrons. The summed E-state index contributed by atoms with van der Waals surface area (Å²) < 4.78 is 5.73. The van der Waals surface area contributed by atoms with E-state index >= 15 is 0 Å². The summed E-state index contributed by atoms with van der Waals surface area (Å²) in [5.74, 6) is -0.0103. The maximum Gasteiger partial charge on any atom is 0.320 e. The smallest absolute Gasteiger partial charge is 0.320 e. The van der Waals surface area contributed by atoms with E-state index in [1.165, 1.54) is 5.56 Å². The Hall–Kier alpha value is -1.55. The molecule has 0 amide bonds. The summed E-state index contributed by atoms with van der Waals surface area (Å²) in [6.45, 7) is 11.5. The third-order valence-corrected chi connectivity index (χ3v) is 3.45. The number of hydrogen-bond donors (Lipinski definition) is 2. The van der Waals surface area contributed by atoms with Gasteiger partial charge in [0, 0.05) is 6.42 Å². The summed E-state index contributed by atoms with van der Waals surface area (Å²) in [6.07, 6.45) is 0.448. The van der Waals surface area contributed by atoms with Crippen molar-refractivity contribution in [2.24, 2.45) is 0 Å². The lowest BCUT2D eigenvalue weighted by Gasteiger charge is -2.21. The first-order valence-electron chi connectivity index (χ1n) is 7.45. The van der Waals surface area contributed by atoms with Crippen molar-refractivity contribution in [2.45, 2.75) is 52.5 Å². The number of nitrogens with one attached hydrogen (secondary N) is 1.